The lowest BCUT2D eigenvalue weighted by Crippen LogP contribution is -2.23. The molecule has 0 unspecified atom stereocenters. The number of carbonyl (C=O) groups excluding carboxylic acids is 2. The van der Waals surface area contributed by atoms with E-state index in [1.54, 1.807) is 25.1 Å². The Bertz CT molecular complexity index is 679. The molecule has 3 rings (SSSR count). The van der Waals surface area contributed by atoms with Crippen LogP contribution in [0.2, 0.25) is 0 Å². The van der Waals surface area contributed by atoms with Crippen LogP contribution in [0.5, 0.6) is 0 Å². The van der Waals surface area contributed by atoms with Crippen molar-refractivity contribution in [2.75, 3.05) is 24.7 Å². The van der Waals surface area contributed by atoms with Crippen LogP contribution in [-0.4, -0.2) is 42.0 Å². The number of fused-ring (bicyclic) bond motifs is 1. The van der Waals surface area contributed by atoms with Gasteiger partial charge in [-0.1, -0.05) is 0 Å². The average molecular weight is 275 g/mol. The summed E-state index contributed by atoms with van der Waals surface area (Å²) in [6, 6.07) is 5.28. The Morgan fingerprint density at radius 3 is 3.10 bits per heavy atom. The van der Waals surface area contributed by atoms with E-state index < -0.39 is 5.97 Å². The summed E-state index contributed by atoms with van der Waals surface area (Å²) in [5, 5.41) is 7.36. The van der Waals surface area contributed by atoms with Crippen LogP contribution >= 0.6 is 0 Å². The van der Waals surface area contributed by atoms with Crippen molar-refractivity contribution in [2.45, 2.75) is 6.92 Å². The fourth-order valence-corrected chi connectivity index (χ4v) is 2.15. The maximum atomic E-state index is 11.8. The van der Waals surface area contributed by atoms with E-state index in [-0.39, 0.29) is 18.4 Å². The van der Waals surface area contributed by atoms with Crippen LogP contribution in [0.15, 0.2) is 18.2 Å². The molecule has 1 aliphatic heterocycles. The molecule has 1 N–H and O–H groups in total. The van der Waals surface area contributed by atoms with Crippen molar-refractivity contribution >= 4 is 28.7 Å². The van der Waals surface area contributed by atoms with E-state index in [9.17, 15) is 9.59 Å². The standard InChI is InChI=1S/C13H13N3O4/c1-2-19-12(17)11-9-7-8(3-4-10(9)14-15-11)16-5-6-20-13(16)18/h3-4,7H,2,5-6H2,1H3,(H,14,15). The number of nitrogens with one attached hydrogen (secondary N) is 1. The highest BCUT2D eigenvalue weighted by atomic mass is 16.6. The van der Waals surface area contributed by atoms with Gasteiger partial charge in [0, 0.05) is 11.1 Å². The molecule has 0 bridgehead atoms. The van der Waals surface area contributed by atoms with E-state index in [1.165, 1.54) is 4.90 Å². The Morgan fingerprint density at radius 2 is 2.40 bits per heavy atom. The second kappa shape index (κ2) is 4.84. The summed E-state index contributed by atoms with van der Waals surface area (Å²) in [5.74, 6) is -0.486. The molecule has 20 heavy (non-hydrogen) atoms. The van der Waals surface area contributed by atoms with Gasteiger partial charge in [0.05, 0.1) is 18.7 Å². The van der Waals surface area contributed by atoms with E-state index >= 15 is 0 Å². The van der Waals surface area contributed by atoms with Gasteiger partial charge in [-0.3, -0.25) is 10.00 Å². The number of rotatable bonds is 3. The zero-order chi connectivity index (χ0) is 14.1. The van der Waals surface area contributed by atoms with Gasteiger partial charge < -0.3 is 9.47 Å². The third-order valence-electron chi connectivity index (χ3n) is 3.09. The molecule has 0 atom stereocenters. The Labute approximate surface area is 114 Å². The van der Waals surface area contributed by atoms with Crippen LogP contribution in [0, 0.1) is 0 Å². The van der Waals surface area contributed by atoms with Crippen molar-refractivity contribution in [3.63, 3.8) is 0 Å². The topological polar surface area (TPSA) is 84.5 Å². The summed E-state index contributed by atoms with van der Waals surface area (Å²) in [7, 11) is 0. The summed E-state index contributed by atoms with van der Waals surface area (Å²) >= 11 is 0. The van der Waals surface area contributed by atoms with Crippen LogP contribution in [0.25, 0.3) is 10.9 Å². The predicted molar refractivity (Wildman–Crippen MR) is 70.7 cm³/mol. The van der Waals surface area contributed by atoms with E-state index in [0.717, 1.165) is 0 Å². The summed E-state index contributed by atoms with van der Waals surface area (Å²) in [6.07, 6.45) is -0.384. The highest BCUT2D eigenvalue weighted by molar-refractivity contribution is 6.03. The molecule has 7 nitrogen and oxygen atoms in total. The van der Waals surface area contributed by atoms with Crippen molar-refractivity contribution < 1.29 is 19.1 Å². The highest BCUT2D eigenvalue weighted by Gasteiger charge is 2.24. The molecule has 0 spiro atoms. The molecular formula is C13H13N3O4. The number of anilines is 1. The number of ether oxygens (including phenoxy) is 2. The number of esters is 1. The van der Waals surface area contributed by atoms with Gasteiger partial charge in [-0.15, -0.1) is 0 Å². The average Bonchev–Trinajstić information content (AvgIpc) is 3.04. The molecule has 2 heterocycles. The minimum atomic E-state index is -0.486. The number of H-pyrrole nitrogens is 1. The fraction of sp³-hybridized carbons (Fsp3) is 0.308. The third kappa shape index (κ3) is 1.97. The largest absolute Gasteiger partial charge is 0.461 e. The van der Waals surface area contributed by atoms with Crippen molar-refractivity contribution in [3.05, 3.63) is 23.9 Å². The second-order valence-corrected chi connectivity index (χ2v) is 4.29. The summed E-state index contributed by atoms with van der Waals surface area (Å²) in [5.41, 5.74) is 1.60. The molecule has 1 aromatic heterocycles. The predicted octanol–water partition coefficient (Wildman–Crippen LogP) is 1.70. The molecule has 0 aliphatic carbocycles. The minimum absolute atomic E-state index is 0.219. The van der Waals surface area contributed by atoms with Gasteiger partial charge in [-0.05, 0) is 25.1 Å². The molecule has 1 amide bonds. The Morgan fingerprint density at radius 1 is 1.55 bits per heavy atom. The normalized spacial score (nSPS) is 14.7. The molecule has 0 radical (unpaired) electrons. The number of hydrogen-bond acceptors (Lipinski definition) is 5. The molecule has 104 valence electrons. The molecule has 1 aromatic carbocycles. The van der Waals surface area contributed by atoms with Gasteiger partial charge >= 0.3 is 12.1 Å². The number of aromatic amines is 1. The van der Waals surface area contributed by atoms with Crippen molar-refractivity contribution in [1.29, 1.82) is 0 Å². The van der Waals surface area contributed by atoms with Crippen LogP contribution in [0.1, 0.15) is 17.4 Å². The van der Waals surface area contributed by atoms with Gasteiger partial charge in [0.15, 0.2) is 5.69 Å². The van der Waals surface area contributed by atoms with E-state index in [4.69, 9.17) is 9.47 Å². The van der Waals surface area contributed by atoms with Crippen molar-refractivity contribution in [2.24, 2.45) is 0 Å². The molecule has 2 aromatic rings. The van der Waals surface area contributed by atoms with Gasteiger partial charge in [0.25, 0.3) is 0 Å². The Balaban J connectivity index is 2.03. The lowest BCUT2D eigenvalue weighted by Gasteiger charge is -2.12. The Kier molecular flexibility index (Phi) is 3.02. The van der Waals surface area contributed by atoms with Crippen molar-refractivity contribution in [1.82, 2.24) is 10.2 Å². The maximum Gasteiger partial charge on any atom is 0.414 e. The quantitative estimate of drug-likeness (QED) is 0.862. The number of cyclic esters (lactones) is 1. The monoisotopic (exact) mass is 275 g/mol. The number of nitrogens with zero attached hydrogens (tertiary/aromatic N) is 2. The minimum Gasteiger partial charge on any atom is -0.461 e. The number of aromatic nitrogens is 2. The van der Waals surface area contributed by atoms with Crippen LogP contribution in [0.4, 0.5) is 10.5 Å². The highest BCUT2D eigenvalue weighted by Crippen LogP contribution is 2.25. The zero-order valence-corrected chi connectivity index (χ0v) is 10.9. The molecule has 1 aliphatic rings. The fourth-order valence-electron chi connectivity index (χ4n) is 2.15. The first-order valence-corrected chi connectivity index (χ1v) is 6.30. The van der Waals surface area contributed by atoms with Gasteiger partial charge in [0.1, 0.15) is 6.61 Å². The first kappa shape index (κ1) is 12.5. The summed E-state index contributed by atoms with van der Waals surface area (Å²) in [4.78, 5) is 24.9. The molecule has 1 saturated heterocycles. The molecule has 1 fully saturated rings. The third-order valence-corrected chi connectivity index (χ3v) is 3.09. The van der Waals surface area contributed by atoms with E-state index in [0.29, 0.717) is 29.7 Å². The van der Waals surface area contributed by atoms with E-state index in [2.05, 4.69) is 10.2 Å². The lowest BCUT2D eigenvalue weighted by atomic mass is 10.2. The van der Waals surface area contributed by atoms with E-state index in [1.807, 2.05) is 0 Å². The van der Waals surface area contributed by atoms with Gasteiger partial charge in [-0.25, -0.2) is 9.59 Å². The first-order valence-electron chi connectivity index (χ1n) is 6.30. The van der Waals surface area contributed by atoms with Gasteiger partial charge in [-0.2, -0.15) is 5.10 Å². The molecule has 7 heteroatoms. The number of carbonyl (C=O) groups is 2. The number of benzene rings is 1. The molecule has 0 saturated carbocycles. The smallest absolute Gasteiger partial charge is 0.414 e. The summed E-state index contributed by atoms with van der Waals surface area (Å²) < 4.78 is 9.86. The zero-order valence-electron chi connectivity index (χ0n) is 10.9. The number of amides is 1. The van der Waals surface area contributed by atoms with Crippen molar-refractivity contribution in [3.8, 4) is 0 Å². The SMILES string of the molecule is CCOC(=O)c1n[nH]c2ccc(N3CCOC3=O)cc12. The lowest BCUT2D eigenvalue weighted by molar-refractivity contribution is 0.0521. The summed E-state index contributed by atoms with van der Waals surface area (Å²) in [6.45, 7) is 2.88. The Hall–Kier alpha value is -2.57. The van der Waals surface area contributed by atoms with Crippen LogP contribution in [0.3, 0.4) is 0 Å². The van der Waals surface area contributed by atoms with Gasteiger partial charge in [0.2, 0.25) is 0 Å². The first-order chi connectivity index (χ1) is 9.70. The number of hydrogen-bond donors (Lipinski definition) is 1. The van der Waals surface area contributed by atoms with Crippen LogP contribution < -0.4 is 4.90 Å². The second-order valence-electron chi connectivity index (χ2n) is 4.29. The molecular weight excluding hydrogens is 262 g/mol. The maximum absolute atomic E-state index is 11.8. The van der Waals surface area contributed by atoms with Crippen LogP contribution in [-0.2, 0) is 9.47 Å².